The lowest BCUT2D eigenvalue weighted by molar-refractivity contribution is -0.116. The largest absolute Gasteiger partial charge is 0.497 e. The van der Waals surface area contributed by atoms with E-state index in [0.29, 0.717) is 5.75 Å². The topological polar surface area (TPSA) is 29.5 Å². The molecule has 0 unspecified atom stereocenters. The summed E-state index contributed by atoms with van der Waals surface area (Å²) in [7, 11) is 1.66. The third-order valence-corrected chi connectivity index (χ3v) is 5.64. The normalized spacial score (nSPS) is 15.3. The molecule has 3 rings (SSSR count). The zero-order chi connectivity index (χ0) is 18.9. The fourth-order valence-corrected chi connectivity index (χ4v) is 4.18. The highest BCUT2D eigenvalue weighted by atomic mass is 32.2. The van der Waals surface area contributed by atoms with Gasteiger partial charge >= 0.3 is 0 Å². The number of carbonyl (C=O) groups is 1. The van der Waals surface area contributed by atoms with Crippen LogP contribution in [0.15, 0.2) is 53.4 Å². The van der Waals surface area contributed by atoms with Crippen molar-refractivity contribution in [2.45, 2.75) is 38.1 Å². The van der Waals surface area contributed by atoms with Gasteiger partial charge in [0.15, 0.2) is 0 Å². The molecule has 0 saturated carbocycles. The van der Waals surface area contributed by atoms with Crippen molar-refractivity contribution in [3.8, 4) is 5.75 Å². The van der Waals surface area contributed by atoms with Crippen molar-refractivity contribution in [2.24, 2.45) is 0 Å². The third kappa shape index (κ3) is 3.65. The number of fused-ring (bicyclic) bond motifs is 1. The van der Waals surface area contributed by atoms with E-state index in [1.165, 1.54) is 11.1 Å². The Balaban J connectivity index is 1.88. The van der Waals surface area contributed by atoms with Crippen molar-refractivity contribution in [2.75, 3.05) is 17.8 Å². The summed E-state index contributed by atoms with van der Waals surface area (Å²) in [5, 5.41) is 0. The zero-order valence-electron chi connectivity index (χ0n) is 16.0. The molecule has 2 aromatic rings. The molecule has 2 aromatic carbocycles. The van der Waals surface area contributed by atoms with Crippen LogP contribution in [0, 0.1) is 6.92 Å². The zero-order valence-corrected chi connectivity index (χ0v) is 16.8. The lowest BCUT2D eigenvalue weighted by Gasteiger charge is -2.41. The third-order valence-electron chi connectivity index (χ3n) is 4.65. The maximum absolute atomic E-state index is 13.1. The molecule has 1 aliphatic rings. The van der Waals surface area contributed by atoms with Crippen molar-refractivity contribution in [1.29, 1.82) is 0 Å². The van der Waals surface area contributed by atoms with Gasteiger partial charge in [0.2, 0.25) is 5.91 Å². The van der Waals surface area contributed by atoms with Gasteiger partial charge in [-0.1, -0.05) is 23.8 Å². The Bertz CT molecular complexity index is 853. The smallest absolute Gasteiger partial charge is 0.238 e. The maximum Gasteiger partial charge on any atom is 0.238 e. The SMILES string of the molecule is COc1ccc2c(c1)C(C)=CC(C)(C)N2C(=O)CSc1ccc(C)cc1. The number of amides is 1. The van der Waals surface area contributed by atoms with E-state index in [0.717, 1.165) is 21.9 Å². The van der Waals surface area contributed by atoms with Gasteiger partial charge in [-0.15, -0.1) is 11.8 Å². The summed E-state index contributed by atoms with van der Waals surface area (Å²) in [6.07, 6.45) is 2.16. The van der Waals surface area contributed by atoms with Gasteiger partial charge in [-0.3, -0.25) is 4.79 Å². The van der Waals surface area contributed by atoms with E-state index >= 15 is 0 Å². The second-order valence-corrected chi connectivity index (χ2v) is 8.24. The standard InChI is InChI=1S/C22H25NO2S/c1-15-6-9-18(10-7-15)26-14-21(24)23-20-11-8-17(25-5)12-19(20)16(2)13-22(23,3)4/h6-13H,14H2,1-5H3. The number of nitrogens with zero attached hydrogens (tertiary/aromatic N) is 1. The van der Waals surface area contributed by atoms with Gasteiger partial charge in [-0.25, -0.2) is 0 Å². The van der Waals surface area contributed by atoms with Crippen LogP contribution < -0.4 is 9.64 Å². The Hall–Kier alpha value is -2.20. The lowest BCUT2D eigenvalue weighted by Crippen LogP contribution is -2.49. The monoisotopic (exact) mass is 367 g/mol. The average Bonchev–Trinajstić information content (AvgIpc) is 2.60. The second kappa shape index (κ2) is 7.20. The molecule has 0 fully saturated rings. The summed E-state index contributed by atoms with van der Waals surface area (Å²) in [4.78, 5) is 16.1. The summed E-state index contributed by atoms with van der Waals surface area (Å²) in [6, 6.07) is 14.2. The van der Waals surface area contributed by atoms with E-state index in [-0.39, 0.29) is 11.4 Å². The van der Waals surface area contributed by atoms with E-state index in [1.54, 1.807) is 18.9 Å². The van der Waals surface area contributed by atoms with Gasteiger partial charge < -0.3 is 9.64 Å². The quantitative estimate of drug-likeness (QED) is 0.685. The van der Waals surface area contributed by atoms with E-state index in [9.17, 15) is 4.79 Å². The summed E-state index contributed by atoms with van der Waals surface area (Å²) in [5.41, 5.74) is 4.03. The molecular weight excluding hydrogens is 342 g/mol. The summed E-state index contributed by atoms with van der Waals surface area (Å²) >= 11 is 1.58. The minimum Gasteiger partial charge on any atom is -0.497 e. The fourth-order valence-electron chi connectivity index (χ4n) is 3.44. The molecule has 1 heterocycles. The first kappa shape index (κ1) is 18.6. The molecule has 1 amide bonds. The van der Waals surface area contributed by atoms with Gasteiger partial charge in [0, 0.05) is 10.5 Å². The fraction of sp³-hybridized carbons (Fsp3) is 0.318. The van der Waals surface area contributed by atoms with Crippen molar-refractivity contribution in [1.82, 2.24) is 0 Å². The van der Waals surface area contributed by atoms with Crippen LogP contribution in [-0.4, -0.2) is 24.3 Å². The molecule has 0 saturated heterocycles. The first-order chi connectivity index (χ1) is 12.3. The van der Waals surface area contributed by atoms with Gasteiger partial charge in [0.1, 0.15) is 5.75 Å². The Morgan fingerprint density at radius 3 is 2.46 bits per heavy atom. The number of anilines is 1. The van der Waals surface area contributed by atoms with Crippen molar-refractivity contribution in [3.63, 3.8) is 0 Å². The molecule has 1 aliphatic heterocycles. The lowest BCUT2D eigenvalue weighted by atomic mass is 9.88. The van der Waals surface area contributed by atoms with E-state index in [2.05, 4.69) is 58.0 Å². The van der Waals surface area contributed by atoms with Crippen LogP contribution in [-0.2, 0) is 4.79 Å². The van der Waals surface area contributed by atoms with Crippen LogP contribution in [0.25, 0.3) is 5.57 Å². The van der Waals surface area contributed by atoms with Crippen molar-refractivity contribution in [3.05, 3.63) is 59.7 Å². The van der Waals surface area contributed by atoms with Crippen LogP contribution in [0.2, 0.25) is 0 Å². The molecule has 0 atom stereocenters. The Morgan fingerprint density at radius 1 is 1.12 bits per heavy atom. The molecule has 0 spiro atoms. The summed E-state index contributed by atoms with van der Waals surface area (Å²) in [6.45, 7) is 8.31. The molecule has 0 N–H and O–H groups in total. The first-order valence-electron chi connectivity index (χ1n) is 8.72. The van der Waals surface area contributed by atoms with Crippen LogP contribution in [0.3, 0.4) is 0 Å². The molecule has 0 aliphatic carbocycles. The van der Waals surface area contributed by atoms with Gasteiger partial charge in [-0.2, -0.15) is 0 Å². The minimum absolute atomic E-state index is 0.107. The maximum atomic E-state index is 13.1. The Morgan fingerprint density at radius 2 is 1.81 bits per heavy atom. The Labute approximate surface area is 160 Å². The average molecular weight is 368 g/mol. The number of aryl methyl sites for hydroxylation is 1. The molecule has 0 aromatic heterocycles. The van der Waals surface area contributed by atoms with E-state index in [4.69, 9.17) is 4.74 Å². The predicted molar refractivity (Wildman–Crippen MR) is 110 cm³/mol. The van der Waals surface area contributed by atoms with Crippen LogP contribution >= 0.6 is 11.8 Å². The number of ether oxygens (including phenoxy) is 1. The highest BCUT2D eigenvalue weighted by molar-refractivity contribution is 8.00. The summed E-state index contributed by atoms with van der Waals surface area (Å²) in [5.74, 6) is 1.32. The number of carbonyl (C=O) groups excluding carboxylic acids is 1. The first-order valence-corrected chi connectivity index (χ1v) is 9.71. The predicted octanol–water partition coefficient (Wildman–Crippen LogP) is 5.32. The molecule has 26 heavy (non-hydrogen) atoms. The van der Waals surface area contributed by atoms with Crippen molar-refractivity contribution >= 4 is 28.9 Å². The van der Waals surface area contributed by atoms with E-state index < -0.39 is 0 Å². The molecule has 136 valence electrons. The Kier molecular flexibility index (Phi) is 5.15. The number of rotatable bonds is 4. The molecule has 0 bridgehead atoms. The number of hydrogen-bond acceptors (Lipinski definition) is 3. The van der Waals surface area contributed by atoms with Gasteiger partial charge in [0.25, 0.3) is 0 Å². The number of thioether (sulfide) groups is 1. The second-order valence-electron chi connectivity index (χ2n) is 7.19. The number of allylic oxidation sites excluding steroid dienone is 1. The molecule has 0 radical (unpaired) electrons. The molecule has 4 heteroatoms. The number of methoxy groups -OCH3 is 1. The number of benzene rings is 2. The van der Waals surface area contributed by atoms with Gasteiger partial charge in [-0.05, 0) is 63.6 Å². The van der Waals surface area contributed by atoms with Crippen molar-refractivity contribution < 1.29 is 9.53 Å². The molecular formula is C22H25NO2S. The van der Waals surface area contributed by atoms with Gasteiger partial charge in [0.05, 0.1) is 24.1 Å². The van der Waals surface area contributed by atoms with Crippen LogP contribution in [0.5, 0.6) is 5.75 Å². The number of hydrogen-bond donors (Lipinski definition) is 0. The van der Waals surface area contributed by atoms with Crippen LogP contribution in [0.4, 0.5) is 5.69 Å². The highest BCUT2D eigenvalue weighted by Crippen LogP contribution is 2.41. The highest BCUT2D eigenvalue weighted by Gasteiger charge is 2.35. The minimum atomic E-state index is -0.364. The van der Waals surface area contributed by atoms with Crippen LogP contribution in [0.1, 0.15) is 31.9 Å². The summed E-state index contributed by atoms with van der Waals surface area (Å²) < 4.78 is 5.36. The van der Waals surface area contributed by atoms with E-state index in [1.807, 2.05) is 23.1 Å². The molecule has 3 nitrogen and oxygen atoms in total.